The van der Waals surface area contributed by atoms with Crippen molar-refractivity contribution in [3.05, 3.63) is 54.7 Å². The Morgan fingerprint density at radius 1 is 1.33 bits per heavy atom. The lowest BCUT2D eigenvalue weighted by molar-refractivity contribution is -0.137. The van der Waals surface area contributed by atoms with E-state index in [1.807, 2.05) is 30.3 Å². The number of aryl methyl sites for hydroxylation is 1. The van der Waals surface area contributed by atoms with Crippen LogP contribution in [0, 0.1) is 0 Å². The molecule has 0 aliphatic carbocycles. The van der Waals surface area contributed by atoms with Crippen molar-refractivity contribution in [1.82, 2.24) is 15.1 Å². The van der Waals surface area contributed by atoms with Crippen molar-refractivity contribution in [2.24, 2.45) is 12.8 Å². The summed E-state index contributed by atoms with van der Waals surface area (Å²) >= 11 is 0. The molecule has 124 valence electrons. The highest BCUT2D eigenvalue weighted by atomic mass is 16.2. The van der Waals surface area contributed by atoms with Crippen molar-refractivity contribution >= 4 is 17.6 Å². The third kappa shape index (κ3) is 3.75. The van der Waals surface area contributed by atoms with Gasteiger partial charge in [0, 0.05) is 18.8 Å². The maximum Gasteiger partial charge on any atom is 0.287 e. The molecule has 1 atom stereocenters. The zero-order chi connectivity index (χ0) is 17.7. The Bertz CT molecular complexity index is 780. The van der Waals surface area contributed by atoms with Gasteiger partial charge in [-0.05, 0) is 6.42 Å². The number of primary amides is 1. The molecule has 0 bridgehead atoms. The SMILES string of the molecule is C=CC[C@H](NC(=O)c1cn(C)nc1-c1ccccc1)C(=O)C(N)=O. The number of nitrogens with one attached hydrogen (secondary N) is 1. The van der Waals surface area contributed by atoms with Crippen LogP contribution in [-0.4, -0.2) is 33.4 Å². The number of benzene rings is 1. The van der Waals surface area contributed by atoms with E-state index in [0.717, 1.165) is 5.56 Å². The lowest BCUT2D eigenvalue weighted by atomic mass is 10.1. The predicted octanol–water partition coefficient (Wildman–Crippen LogP) is 0.816. The summed E-state index contributed by atoms with van der Waals surface area (Å²) in [7, 11) is 1.69. The van der Waals surface area contributed by atoms with E-state index < -0.39 is 23.6 Å². The zero-order valence-electron chi connectivity index (χ0n) is 13.2. The first-order chi connectivity index (χ1) is 11.4. The van der Waals surface area contributed by atoms with Gasteiger partial charge in [0.1, 0.15) is 11.7 Å². The van der Waals surface area contributed by atoms with Gasteiger partial charge < -0.3 is 11.1 Å². The highest BCUT2D eigenvalue weighted by Crippen LogP contribution is 2.21. The molecule has 0 radical (unpaired) electrons. The third-order valence-electron chi connectivity index (χ3n) is 3.39. The topological polar surface area (TPSA) is 107 Å². The Morgan fingerprint density at radius 3 is 2.58 bits per heavy atom. The van der Waals surface area contributed by atoms with Crippen LogP contribution in [-0.2, 0) is 16.6 Å². The van der Waals surface area contributed by atoms with E-state index in [2.05, 4.69) is 17.0 Å². The minimum absolute atomic E-state index is 0.106. The Hall–Kier alpha value is -3.22. The van der Waals surface area contributed by atoms with Gasteiger partial charge in [0.15, 0.2) is 0 Å². The number of carbonyl (C=O) groups is 3. The molecular formula is C17H18N4O3. The van der Waals surface area contributed by atoms with Crippen LogP contribution < -0.4 is 11.1 Å². The molecular weight excluding hydrogens is 308 g/mol. The number of carbonyl (C=O) groups excluding carboxylic acids is 3. The molecule has 24 heavy (non-hydrogen) atoms. The lowest BCUT2D eigenvalue weighted by Gasteiger charge is -2.14. The van der Waals surface area contributed by atoms with Gasteiger partial charge in [-0.1, -0.05) is 36.4 Å². The van der Waals surface area contributed by atoms with E-state index in [4.69, 9.17) is 5.73 Å². The summed E-state index contributed by atoms with van der Waals surface area (Å²) in [5.41, 5.74) is 6.57. The van der Waals surface area contributed by atoms with Crippen molar-refractivity contribution in [3.63, 3.8) is 0 Å². The summed E-state index contributed by atoms with van der Waals surface area (Å²) < 4.78 is 1.51. The summed E-state index contributed by atoms with van der Waals surface area (Å²) in [6.07, 6.45) is 3.10. The second-order valence-corrected chi connectivity index (χ2v) is 5.21. The van der Waals surface area contributed by atoms with E-state index >= 15 is 0 Å². The molecule has 0 spiro atoms. The molecule has 0 saturated heterocycles. The van der Waals surface area contributed by atoms with Gasteiger partial charge in [-0.2, -0.15) is 5.10 Å². The fourth-order valence-electron chi connectivity index (χ4n) is 2.27. The number of amides is 2. The highest BCUT2D eigenvalue weighted by molar-refractivity contribution is 6.38. The number of aromatic nitrogens is 2. The van der Waals surface area contributed by atoms with Gasteiger partial charge in [0.05, 0.1) is 5.56 Å². The van der Waals surface area contributed by atoms with Crippen molar-refractivity contribution in [1.29, 1.82) is 0 Å². The molecule has 1 heterocycles. The van der Waals surface area contributed by atoms with Crippen molar-refractivity contribution in [2.75, 3.05) is 0 Å². The first-order valence-electron chi connectivity index (χ1n) is 7.28. The first kappa shape index (κ1) is 17.1. The van der Waals surface area contributed by atoms with Crippen LogP contribution in [0.5, 0.6) is 0 Å². The first-order valence-corrected chi connectivity index (χ1v) is 7.28. The molecule has 0 aliphatic rings. The Morgan fingerprint density at radius 2 is 2.00 bits per heavy atom. The van der Waals surface area contributed by atoms with Crippen LogP contribution >= 0.6 is 0 Å². The fraction of sp³-hybridized carbons (Fsp3) is 0.176. The van der Waals surface area contributed by atoms with Crippen LogP contribution in [0.15, 0.2) is 49.2 Å². The zero-order valence-corrected chi connectivity index (χ0v) is 13.2. The second kappa shape index (κ2) is 7.36. The van der Waals surface area contributed by atoms with Crippen molar-refractivity contribution in [2.45, 2.75) is 12.5 Å². The number of nitrogens with two attached hydrogens (primary N) is 1. The van der Waals surface area contributed by atoms with E-state index in [-0.39, 0.29) is 6.42 Å². The molecule has 0 fully saturated rings. The summed E-state index contributed by atoms with van der Waals surface area (Å²) in [6.45, 7) is 3.52. The van der Waals surface area contributed by atoms with Crippen LogP contribution in [0.4, 0.5) is 0 Å². The molecule has 0 saturated carbocycles. The minimum Gasteiger partial charge on any atom is -0.363 e. The molecule has 3 N–H and O–H groups in total. The standard InChI is InChI=1S/C17H18N4O3/c1-3-7-13(15(22)16(18)23)19-17(24)12-10-21(2)20-14(12)11-8-5-4-6-9-11/h3-6,8-10,13H,1,7H2,2H3,(H2,18,23)(H,19,24)/t13-/m0/s1. The number of hydrogen-bond acceptors (Lipinski definition) is 4. The summed E-state index contributed by atoms with van der Waals surface area (Å²) in [5, 5.41) is 6.82. The normalized spacial score (nSPS) is 11.5. The Kier molecular flexibility index (Phi) is 5.26. The number of ketones is 1. The Balaban J connectivity index is 2.31. The van der Waals surface area contributed by atoms with Gasteiger partial charge in [0.2, 0.25) is 5.78 Å². The van der Waals surface area contributed by atoms with Gasteiger partial charge in [-0.15, -0.1) is 6.58 Å². The maximum absolute atomic E-state index is 12.6. The fourth-order valence-corrected chi connectivity index (χ4v) is 2.27. The van der Waals surface area contributed by atoms with Crippen LogP contribution in [0.25, 0.3) is 11.3 Å². The molecule has 2 aromatic rings. The van der Waals surface area contributed by atoms with E-state index in [9.17, 15) is 14.4 Å². The van der Waals surface area contributed by atoms with Gasteiger partial charge in [-0.3, -0.25) is 19.1 Å². The third-order valence-corrected chi connectivity index (χ3v) is 3.39. The molecule has 2 amide bonds. The van der Waals surface area contributed by atoms with E-state index in [1.165, 1.54) is 10.8 Å². The van der Waals surface area contributed by atoms with E-state index in [1.54, 1.807) is 13.2 Å². The largest absolute Gasteiger partial charge is 0.363 e. The maximum atomic E-state index is 12.6. The second-order valence-electron chi connectivity index (χ2n) is 5.21. The number of hydrogen-bond donors (Lipinski definition) is 2. The van der Waals surface area contributed by atoms with E-state index in [0.29, 0.717) is 11.3 Å². The summed E-state index contributed by atoms with van der Waals surface area (Å²) in [6, 6.07) is 8.14. The molecule has 0 aliphatic heterocycles. The van der Waals surface area contributed by atoms with Gasteiger partial charge in [0.25, 0.3) is 11.8 Å². The van der Waals surface area contributed by atoms with Gasteiger partial charge >= 0.3 is 0 Å². The van der Waals surface area contributed by atoms with Crippen LogP contribution in [0.2, 0.25) is 0 Å². The average Bonchev–Trinajstić information content (AvgIpc) is 2.96. The number of rotatable bonds is 7. The van der Waals surface area contributed by atoms with Crippen molar-refractivity contribution < 1.29 is 14.4 Å². The molecule has 1 aromatic heterocycles. The molecule has 1 aromatic carbocycles. The molecule has 7 nitrogen and oxygen atoms in total. The quantitative estimate of drug-likeness (QED) is 0.580. The molecule has 7 heteroatoms. The van der Waals surface area contributed by atoms with Crippen molar-refractivity contribution in [3.8, 4) is 11.3 Å². The number of nitrogens with zero attached hydrogens (tertiary/aromatic N) is 2. The van der Waals surface area contributed by atoms with Gasteiger partial charge in [-0.25, -0.2) is 0 Å². The molecule has 0 unspecified atom stereocenters. The lowest BCUT2D eigenvalue weighted by Crippen LogP contribution is -2.45. The van der Waals surface area contributed by atoms with Crippen LogP contribution in [0.1, 0.15) is 16.8 Å². The summed E-state index contributed by atoms with van der Waals surface area (Å²) in [4.78, 5) is 35.5. The van der Waals surface area contributed by atoms with Crippen LogP contribution in [0.3, 0.4) is 0 Å². The smallest absolute Gasteiger partial charge is 0.287 e. The summed E-state index contributed by atoms with van der Waals surface area (Å²) in [5.74, 6) is -2.48. The molecule has 2 rings (SSSR count). The number of Topliss-reactive ketones (excluding diaryl/α,β-unsaturated/α-hetero) is 1. The Labute approximate surface area is 139 Å². The minimum atomic E-state index is -1.10. The average molecular weight is 326 g/mol. The predicted molar refractivity (Wildman–Crippen MR) is 88.9 cm³/mol. The highest BCUT2D eigenvalue weighted by Gasteiger charge is 2.26. The monoisotopic (exact) mass is 326 g/mol.